The number of para-hydroxylation sites is 1. The number of carbonyl (C=O) groups excluding carboxylic acids is 1. The number of hydrogen-bond donors (Lipinski definition) is 2. The summed E-state index contributed by atoms with van der Waals surface area (Å²) in [5.74, 6) is -0.379. The van der Waals surface area contributed by atoms with E-state index in [1.165, 1.54) is 30.5 Å². The first-order valence-corrected chi connectivity index (χ1v) is 7.22. The quantitative estimate of drug-likeness (QED) is 0.466. The number of amides is 1. The minimum Gasteiger partial charge on any atom is -0.507 e. The van der Waals surface area contributed by atoms with Crippen LogP contribution < -0.4 is 10.2 Å². The normalized spacial score (nSPS) is 10.5. The van der Waals surface area contributed by atoms with E-state index < -0.39 is 5.91 Å². The zero-order valence-corrected chi connectivity index (χ0v) is 12.9. The number of rotatable bonds is 7. The number of benzene rings is 2. The van der Waals surface area contributed by atoms with Gasteiger partial charge in [-0.05, 0) is 42.3 Å². The molecule has 0 heterocycles. The minimum atomic E-state index is -0.475. The lowest BCUT2D eigenvalue weighted by Gasteiger charge is -2.05. The van der Waals surface area contributed by atoms with Crippen LogP contribution in [0.2, 0.25) is 0 Å². The average Bonchev–Trinajstić information content (AvgIpc) is 2.58. The van der Waals surface area contributed by atoms with Gasteiger partial charge in [0.1, 0.15) is 17.3 Å². The van der Waals surface area contributed by atoms with Crippen LogP contribution in [0.4, 0.5) is 4.39 Å². The van der Waals surface area contributed by atoms with Crippen LogP contribution in [-0.2, 0) is 11.2 Å². The fourth-order valence-electron chi connectivity index (χ4n) is 1.92. The van der Waals surface area contributed by atoms with Gasteiger partial charge in [0.05, 0.1) is 6.21 Å². The van der Waals surface area contributed by atoms with Crippen molar-refractivity contribution in [1.82, 2.24) is 5.43 Å². The Bertz CT molecular complexity index is 742. The van der Waals surface area contributed by atoms with Gasteiger partial charge in [-0.3, -0.25) is 4.79 Å². The van der Waals surface area contributed by atoms with Crippen LogP contribution in [0.5, 0.6) is 11.5 Å². The Morgan fingerprint density at radius 2 is 2.04 bits per heavy atom. The monoisotopic (exact) mass is 328 g/mol. The van der Waals surface area contributed by atoms with Gasteiger partial charge in [-0.2, -0.15) is 5.10 Å². The Morgan fingerprint density at radius 1 is 1.29 bits per heavy atom. The van der Waals surface area contributed by atoms with Crippen LogP contribution in [0.3, 0.4) is 0 Å². The van der Waals surface area contributed by atoms with Crippen molar-refractivity contribution in [3.8, 4) is 11.5 Å². The highest BCUT2D eigenvalue weighted by Gasteiger charge is 2.05. The molecule has 24 heavy (non-hydrogen) atoms. The molecule has 0 aliphatic rings. The maximum absolute atomic E-state index is 12.7. The Balaban J connectivity index is 1.87. The van der Waals surface area contributed by atoms with Crippen LogP contribution in [0, 0.1) is 5.82 Å². The van der Waals surface area contributed by atoms with Gasteiger partial charge < -0.3 is 9.84 Å². The Hall–Kier alpha value is -3.15. The van der Waals surface area contributed by atoms with E-state index in [9.17, 15) is 14.3 Å². The molecule has 0 unspecified atom stereocenters. The van der Waals surface area contributed by atoms with Crippen LogP contribution in [0.25, 0.3) is 0 Å². The topological polar surface area (TPSA) is 70.9 Å². The second-order valence-corrected chi connectivity index (χ2v) is 4.88. The molecule has 5 nitrogen and oxygen atoms in total. The molecule has 124 valence electrons. The molecule has 2 aromatic rings. The number of ether oxygens (including phenoxy) is 1. The van der Waals surface area contributed by atoms with Gasteiger partial charge in [-0.25, -0.2) is 9.82 Å². The summed E-state index contributed by atoms with van der Waals surface area (Å²) in [6, 6.07) is 10.6. The number of phenolic OH excluding ortho intramolecular Hbond substituents is 1. The van der Waals surface area contributed by atoms with Crippen LogP contribution in [-0.4, -0.2) is 23.8 Å². The number of hydrazone groups is 1. The van der Waals surface area contributed by atoms with Crippen molar-refractivity contribution in [2.45, 2.75) is 6.42 Å². The van der Waals surface area contributed by atoms with Gasteiger partial charge in [-0.15, -0.1) is 6.58 Å². The zero-order chi connectivity index (χ0) is 17.4. The summed E-state index contributed by atoms with van der Waals surface area (Å²) < 4.78 is 17.9. The third-order valence-electron chi connectivity index (χ3n) is 3.09. The van der Waals surface area contributed by atoms with Gasteiger partial charge in [0, 0.05) is 5.56 Å². The number of nitrogens with zero attached hydrogens (tertiary/aromatic N) is 1. The van der Waals surface area contributed by atoms with Crippen molar-refractivity contribution < 1.29 is 19.0 Å². The smallest absolute Gasteiger partial charge is 0.277 e. The van der Waals surface area contributed by atoms with Crippen molar-refractivity contribution in [2.75, 3.05) is 6.61 Å². The van der Waals surface area contributed by atoms with E-state index in [4.69, 9.17) is 4.74 Å². The lowest BCUT2D eigenvalue weighted by molar-refractivity contribution is -0.123. The predicted octanol–water partition coefficient (Wildman–Crippen LogP) is 2.79. The van der Waals surface area contributed by atoms with E-state index in [-0.39, 0.29) is 18.2 Å². The lowest BCUT2D eigenvalue weighted by Crippen LogP contribution is -2.24. The molecule has 0 aliphatic carbocycles. The van der Waals surface area contributed by atoms with Crippen LogP contribution in [0.1, 0.15) is 11.1 Å². The maximum Gasteiger partial charge on any atom is 0.277 e. The molecule has 0 aliphatic heterocycles. The second kappa shape index (κ2) is 8.47. The predicted molar refractivity (Wildman–Crippen MR) is 89.6 cm³/mol. The van der Waals surface area contributed by atoms with E-state index in [1.807, 2.05) is 0 Å². The number of phenols is 1. The summed E-state index contributed by atoms with van der Waals surface area (Å²) in [6.45, 7) is 3.37. The van der Waals surface area contributed by atoms with Gasteiger partial charge >= 0.3 is 0 Å². The SMILES string of the molecule is C=CCc1cccc(/C=N/NC(=O)COc2ccc(F)cc2)c1O. The summed E-state index contributed by atoms with van der Waals surface area (Å²) in [6.07, 6.45) is 3.56. The summed E-state index contributed by atoms with van der Waals surface area (Å²) >= 11 is 0. The molecule has 1 amide bonds. The second-order valence-electron chi connectivity index (χ2n) is 4.88. The Kier molecular flexibility index (Phi) is 6.08. The van der Waals surface area contributed by atoms with Gasteiger partial charge in [0.15, 0.2) is 6.61 Å². The van der Waals surface area contributed by atoms with Crippen molar-refractivity contribution in [1.29, 1.82) is 0 Å². The molecule has 0 atom stereocenters. The van der Waals surface area contributed by atoms with Crippen molar-refractivity contribution in [3.05, 3.63) is 72.1 Å². The minimum absolute atomic E-state index is 0.0953. The standard InChI is InChI=1S/C18H17FN2O3/c1-2-4-13-5-3-6-14(18(13)23)11-20-21-17(22)12-24-16-9-7-15(19)8-10-16/h2-3,5-11,23H,1,4,12H2,(H,21,22)/b20-11+. The van der Waals surface area contributed by atoms with E-state index in [0.717, 1.165) is 5.56 Å². The molecule has 0 bridgehead atoms. The number of nitrogens with one attached hydrogen (secondary N) is 1. The third-order valence-corrected chi connectivity index (χ3v) is 3.09. The molecule has 0 saturated carbocycles. The van der Waals surface area contributed by atoms with Gasteiger partial charge in [0.2, 0.25) is 0 Å². The highest BCUT2D eigenvalue weighted by atomic mass is 19.1. The fourth-order valence-corrected chi connectivity index (χ4v) is 1.92. The van der Waals surface area contributed by atoms with Gasteiger partial charge in [0.25, 0.3) is 5.91 Å². The molecule has 0 spiro atoms. The summed E-state index contributed by atoms with van der Waals surface area (Å²) in [4.78, 5) is 11.6. The Morgan fingerprint density at radius 3 is 2.75 bits per heavy atom. The summed E-state index contributed by atoms with van der Waals surface area (Å²) in [5, 5.41) is 13.8. The van der Waals surface area contributed by atoms with Crippen molar-refractivity contribution in [2.24, 2.45) is 5.10 Å². The van der Waals surface area contributed by atoms with Crippen molar-refractivity contribution >= 4 is 12.1 Å². The fraction of sp³-hybridized carbons (Fsp3) is 0.111. The first kappa shape index (κ1) is 17.2. The molecular formula is C18H17FN2O3. The number of carbonyl (C=O) groups is 1. The van der Waals surface area contributed by atoms with Crippen LogP contribution in [0.15, 0.2) is 60.2 Å². The number of allylic oxidation sites excluding steroid dienone is 1. The largest absolute Gasteiger partial charge is 0.507 e. The maximum atomic E-state index is 12.7. The molecule has 2 N–H and O–H groups in total. The average molecular weight is 328 g/mol. The lowest BCUT2D eigenvalue weighted by atomic mass is 10.1. The first-order valence-electron chi connectivity index (χ1n) is 7.22. The Labute approximate surface area is 139 Å². The molecule has 0 radical (unpaired) electrons. The van der Waals surface area contributed by atoms with Gasteiger partial charge in [-0.1, -0.05) is 18.2 Å². The highest BCUT2D eigenvalue weighted by molar-refractivity contribution is 5.86. The molecule has 0 saturated heterocycles. The molecule has 0 fully saturated rings. The number of aromatic hydroxyl groups is 1. The van der Waals surface area contributed by atoms with E-state index >= 15 is 0 Å². The molecule has 6 heteroatoms. The van der Waals surface area contributed by atoms with E-state index in [2.05, 4.69) is 17.1 Å². The molecule has 2 aromatic carbocycles. The first-order chi connectivity index (χ1) is 11.6. The summed E-state index contributed by atoms with van der Waals surface area (Å²) in [7, 11) is 0. The van der Waals surface area contributed by atoms with Crippen LogP contribution >= 0.6 is 0 Å². The highest BCUT2D eigenvalue weighted by Crippen LogP contribution is 2.21. The van der Waals surface area contributed by atoms with Crippen molar-refractivity contribution in [3.63, 3.8) is 0 Å². The number of hydrogen-bond acceptors (Lipinski definition) is 4. The summed E-state index contributed by atoms with van der Waals surface area (Å²) in [5.41, 5.74) is 3.49. The molecular weight excluding hydrogens is 311 g/mol. The van der Waals surface area contributed by atoms with E-state index in [1.54, 1.807) is 24.3 Å². The molecule has 0 aromatic heterocycles. The zero-order valence-electron chi connectivity index (χ0n) is 12.9. The number of halogens is 1. The van der Waals surface area contributed by atoms with E-state index in [0.29, 0.717) is 17.7 Å². The third kappa shape index (κ3) is 4.95. The molecule has 2 rings (SSSR count).